The van der Waals surface area contributed by atoms with Crippen LogP contribution in [-0.4, -0.2) is 24.3 Å². The minimum atomic E-state index is -0.515. The molecule has 0 saturated carbocycles. The number of amides is 1. The Kier molecular flexibility index (Phi) is 6.04. The number of rotatable bonds is 5. The molecule has 0 radical (unpaired) electrons. The van der Waals surface area contributed by atoms with Crippen LogP contribution in [0.25, 0.3) is 0 Å². The molecular formula is C16H23N3O2. The molecular weight excluding hydrogens is 266 g/mol. The summed E-state index contributed by atoms with van der Waals surface area (Å²) in [4.78, 5) is 11.5. The predicted molar refractivity (Wildman–Crippen MR) is 83.1 cm³/mol. The van der Waals surface area contributed by atoms with Crippen molar-refractivity contribution in [1.29, 1.82) is 5.26 Å². The zero-order chi connectivity index (χ0) is 15.9. The lowest BCUT2D eigenvalue weighted by atomic mass is 10.2. The van der Waals surface area contributed by atoms with E-state index in [1.54, 1.807) is 0 Å². The van der Waals surface area contributed by atoms with Gasteiger partial charge in [0.2, 0.25) is 0 Å². The average Bonchev–Trinajstić information content (AvgIpc) is 2.38. The van der Waals surface area contributed by atoms with E-state index in [0.717, 1.165) is 5.69 Å². The maximum absolute atomic E-state index is 11.5. The number of nitriles is 1. The predicted octanol–water partition coefficient (Wildman–Crippen LogP) is 3.21. The SMILES string of the molecule is Cc1ccc(NC(C#N)CCNC(=O)OC(C)(C)C)cc1. The van der Waals surface area contributed by atoms with Crippen LogP contribution in [-0.2, 0) is 4.74 Å². The number of benzene rings is 1. The van der Waals surface area contributed by atoms with Crippen LogP contribution in [0.1, 0.15) is 32.8 Å². The smallest absolute Gasteiger partial charge is 0.407 e. The summed E-state index contributed by atoms with van der Waals surface area (Å²) >= 11 is 0. The third-order valence-corrected chi connectivity index (χ3v) is 2.65. The molecule has 0 aliphatic heterocycles. The maximum Gasteiger partial charge on any atom is 0.407 e. The van der Waals surface area contributed by atoms with Gasteiger partial charge in [-0.3, -0.25) is 0 Å². The Bertz CT molecular complexity index is 498. The van der Waals surface area contributed by atoms with Crippen molar-refractivity contribution in [1.82, 2.24) is 5.32 Å². The van der Waals surface area contributed by atoms with E-state index in [9.17, 15) is 4.79 Å². The second-order valence-corrected chi connectivity index (χ2v) is 5.91. The number of nitrogens with zero attached hydrogens (tertiary/aromatic N) is 1. The second kappa shape index (κ2) is 7.53. The van der Waals surface area contributed by atoms with Crippen LogP contribution in [0.4, 0.5) is 10.5 Å². The number of nitrogens with one attached hydrogen (secondary N) is 2. The average molecular weight is 289 g/mol. The highest BCUT2D eigenvalue weighted by Gasteiger charge is 2.16. The normalized spacial score (nSPS) is 12.1. The molecule has 0 saturated heterocycles. The van der Waals surface area contributed by atoms with Gasteiger partial charge in [0.15, 0.2) is 0 Å². The number of hydrogen-bond donors (Lipinski definition) is 2. The molecule has 0 fully saturated rings. The van der Waals surface area contributed by atoms with Gasteiger partial charge in [0.1, 0.15) is 11.6 Å². The number of hydrogen-bond acceptors (Lipinski definition) is 4. The van der Waals surface area contributed by atoms with Crippen LogP contribution in [0.15, 0.2) is 24.3 Å². The zero-order valence-electron chi connectivity index (χ0n) is 13.1. The van der Waals surface area contributed by atoms with Gasteiger partial charge in [0.05, 0.1) is 6.07 Å². The van der Waals surface area contributed by atoms with Crippen molar-refractivity contribution >= 4 is 11.8 Å². The minimum absolute atomic E-state index is 0.359. The molecule has 114 valence electrons. The highest BCUT2D eigenvalue weighted by atomic mass is 16.6. The number of carbonyl (C=O) groups excluding carboxylic acids is 1. The summed E-state index contributed by atoms with van der Waals surface area (Å²) in [7, 11) is 0. The van der Waals surface area contributed by atoms with E-state index in [-0.39, 0.29) is 6.04 Å². The summed E-state index contributed by atoms with van der Waals surface area (Å²) in [6.07, 6.45) is 0.0402. The standard InChI is InChI=1S/C16H23N3O2/c1-12-5-7-13(8-6-12)19-14(11-17)9-10-18-15(20)21-16(2,3)4/h5-8,14,19H,9-10H2,1-4H3,(H,18,20). The molecule has 0 bridgehead atoms. The number of ether oxygens (including phenoxy) is 1. The summed E-state index contributed by atoms with van der Waals surface area (Å²) in [5, 5.41) is 14.9. The van der Waals surface area contributed by atoms with Crippen molar-refractivity contribution in [3.8, 4) is 6.07 Å². The summed E-state index contributed by atoms with van der Waals surface area (Å²) in [5.41, 5.74) is 1.55. The number of aryl methyl sites for hydroxylation is 1. The third kappa shape index (κ3) is 7.21. The Morgan fingerprint density at radius 1 is 1.33 bits per heavy atom. The summed E-state index contributed by atoms with van der Waals surface area (Å²) in [5.74, 6) is 0. The van der Waals surface area contributed by atoms with Crippen LogP contribution in [0.2, 0.25) is 0 Å². The van der Waals surface area contributed by atoms with E-state index >= 15 is 0 Å². The molecule has 0 aliphatic carbocycles. The van der Waals surface area contributed by atoms with Crippen LogP contribution in [0, 0.1) is 18.3 Å². The molecule has 5 nitrogen and oxygen atoms in total. The van der Waals surface area contributed by atoms with E-state index in [1.165, 1.54) is 5.56 Å². The number of carbonyl (C=O) groups is 1. The van der Waals surface area contributed by atoms with Gasteiger partial charge in [-0.2, -0.15) is 5.26 Å². The lowest BCUT2D eigenvalue weighted by Gasteiger charge is -2.20. The van der Waals surface area contributed by atoms with Crippen molar-refractivity contribution in [2.45, 2.75) is 45.8 Å². The van der Waals surface area contributed by atoms with Crippen LogP contribution >= 0.6 is 0 Å². The Morgan fingerprint density at radius 3 is 2.48 bits per heavy atom. The minimum Gasteiger partial charge on any atom is -0.444 e. The monoisotopic (exact) mass is 289 g/mol. The van der Waals surface area contributed by atoms with Gasteiger partial charge in [-0.25, -0.2) is 4.79 Å². The molecule has 1 unspecified atom stereocenters. The van der Waals surface area contributed by atoms with Gasteiger partial charge in [-0.1, -0.05) is 17.7 Å². The van der Waals surface area contributed by atoms with Crippen LogP contribution in [0.5, 0.6) is 0 Å². The van der Waals surface area contributed by atoms with Crippen molar-refractivity contribution in [2.75, 3.05) is 11.9 Å². The zero-order valence-corrected chi connectivity index (χ0v) is 13.1. The Labute approximate surface area is 126 Å². The van der Waals surface area contributed by atoms with Gasteiger partial charge in [0, 0.05) is 12.2 Å². The molecule has 0 aliphatic rings. The lowest BCUT2D eigenvalue weighted by molar-refractivity contribution is 0.0527. The fourth-order valence-corrected chi connectivity index (χ4v) is 1.65. The molecule has 1 aromatic carbocycles. The van der Waals surface area contributed by atoms with E-state index in [2.05, 4.69) is 16.7 Å². The third-order valence-electron chi connectivity index (χ3n) is 2.65. The van der Waals surface area contributed by atoms with Gasteiger partial charge in [-0.05, 0) is 46.2 Å². The van der Waals surface area contributed by atoms with Crippen molar-refractivity contribution < 1.29 is 9.53 Å². The molecule has 1 aromatic rings. The van der Waals surface area contributed by atoms with Crippen molar-refractivity contribution in [2.24, 2.45) is 0 Å². The fourth-order valence-electron chi connectivity index (χ4n) is 1.65. The summed E-state index contributed by atoms with van der Waals surface area (Å²) in [6.45, 7) is 7.82. The van der Waals surface area contributed by atoms with Gasteiger partial charge < -0.3 is 15.4 Å². The number of anilines is 1. The van der Waals surface area contributed by atoms with Crippen molar-refractivity contribution in [3.05, 3.63) is 29.8 Å². The first kappa shape index (κ1) is 16.8. The first-order valence-electron chi connectivity index (χ1n) is 7.00. The molecule has 1 atom stereocenters. The Balaban J connectivity index is 2.37. The largest absolute Gasteiger partial charge is 0.444 e. The van der Waals surface area contributed by atoms with E-state index in [4.69, 9.17) is 10.00 Å². The Hall–Kier alpha value is -2.22. The van der Waals surface area contributed by atoms with E-state index in [0.29, 0.717) is 13.0 Å². The molecule has 2 N–H and O–H groups in total. The highest BCUT2D eigenvalue weighted by Crippen LogP contribution is 2.11. The summed E-state index contributed by atoms with van der Waals surface area (Å²) < 4.78 is 5.13. The molecule has 1 amide bonds. The van der Waals surface area contributed by atoms with Gasteiger partial charge >= 0.3 is 6.09 Å². The molecule has 0 heterocycles. The number of alkyl carbamates (subject to hydrolysis) is 1. The second-order valence-electron chi connectivity index (χ2n) is 5.91. The van der Waals surface area contributed by atoms with E-state index in [1.807, 2.05) is 52.0 Å². The lowest BCUT2D eigenvalue weighted by Crippen LogP contribution is -2.34. The van der Waals surface area contributed by atoms with Crippen LogP contribution in [0.3, 0.4) is 0 Å². The maximum atomic E-state index is 11.5. The van der Waals surface area contributed by atoms with Gasteiger partial charge in [-0.15, -0.1) is 0 Å². The molecule has 1 rings (SSSR count). The van der Waals surface area contributed by atoms with Crippen molar-refractivity contribution in [3.63, 3.8) is 0 Å². The Morgan fingerprint density at radius 2 is 1.95 bits per heavy atom. The van der Waals surface area contributed by atoms with E-state index < -0.39 is 11.7 Å². The fraction of sp³-hybridized carbons (Fsp3) is 0.500. The topological polar surface area (TPSA) is 74.2 Å². The summed E-state index contributed by atoms with van der Waals surface area (Å²) in [6, 6.07) is 9.65. The molecule has 0 spiro atoms. The van der Waals surface area contributed by atoms with Gasteiger partial charge in [0.25, 0.3) is 0 Å². The molecule has 0 aromatic heterocycles. The molecule has 5 heteroatoms. The highest BCUT2D eigenvalue weighted by molar-refractivity contribution is 5.67. The first-order valence-corrected chi connectivity index (χ1v) is 7.00. The quantitative estimate of drug-likeness (QED) is 0.873. The molecule has 21 heavy (non-hydrogen) atoms. The van der Waals surface area contributed by atoms with Crippen LogP contribution < -0.4 is 10.6 Å². The first-order chi connectivity index (χ1) is 9.80.